The molecule has 0 spiro atoms. The van der Waals surface area contributed by atoms with Gasteiger partial charge in [0.15, 0.2) is 0 Å². The normalized spacial score (nSPS) is 24.8. The van der Waals surface area contributed by atoms with Crippen molar-refractivity contribution in [3.63, 3.8) is 0 Å². The van der Waals surface area contributed by atoms with Gasteiger partial charge in [-0.25, -0.2) is 0 Å². The first kappa shape index (κ1) is 9.01. The molecular weight excluding hydrogens is 136 g/mol. The van der Waals surface area contributed by atoms with Crippen molar-refractivity contribution in [2.24, 2.45) is 0 Å². The van der Waals surface area contributed by atoms with Crippen LogP contribution in [0.25, 0.3) is 0 Å². The van der Waals surface area contributed by atoms with Crippen LogP contribution in [-0.4, -0.2) is 38.1 Å². The highest BCUT2D eigenvalue weighted by molar-refractivity contribution is 4.58. The van der Waals surface area contributed by atoms with Crippen LogP contribution < -0.4 is 5.32 Å². The van der Waals surface area contributed by atoms with Crippen LogP contribution in [0.1, 0.15) is 25.7 Å². The lowest BCUT2D eigenvalue weighted by molar-refractivity contribution is 0.310. The summed E-state index contributed by atoms with van der Waals surface area (Å²) < 4.78 is 0. The summed E-state index contributed by atoms with van der Waals surface area (Å²) in [6.45, 7) is 4.97. The molecule has 0 aliphatic carbocycles. The maximum Gasteiger partial charge on any atom is -0.000969 e. The van der Waals surface area contributed by atoms with E-state index in [9.17, 15) is 0 Å². The molecular formula is C9H20N2. The average Bonchev–Trinajstić information content (AvgIpc) is 2.03. The standard InChI is InChI=1S/C9H20N2/c1-11-8-4-2-3-6-10-7-5-9-11/h10H,2-9H2,1H3. The Labute approximate surface area is 70.0 Å². The number of nitrogens with one attached hydrogen (secondary N) is 1. The van der Waals surface area contributed by atoms with Crippen molar-refractivity contribution in [3.8, 4) is 0 Å². The van der Waals surface area contributed by atoms with E-state index in [-0.39, 0.29) is 0 Å². The molecule has 0 bridgehead atoms. The van der Waals surface area contributed by atoms with Crippen LogP contribution in [0.5, 0.6) is 0 Å². The highest BCUT2D eigenvalue weighted by atomic mass is 15.1. The molecule has 2 heteroatoms. The van der Waals surface area contributed by atoms with E-state index < -0.39 is 0 Å². The predicted molar refractivity (Wildman–Crippen MR) is 48.8 cm³/mol. The summed E-state index contributed by atoms with van der Waals surface area (Å²) in [5.74, 6) is 0. The molecule has 1 saturated heterocycles. The molecule has 1 N–H and O–H groups in total. The van der Waals surface area contributed by atoms with Gasteiger partial charge in [0.1, 0.15) is 0 Å². The Kier molecular flexibility index (Phi) is 4.55. The Bertz CT molecular complexity index is 83.6. The molecule has 0 aromatic rings. The van der Waals surface area contributed by atoms with E-state index in [0.717, 1.165) is 0 Å². The van der Waals surface area contributed by atoms with Crippen LogP contribution in [0, 0.1) is 0 Å². The monoisotopic (exact) mass is 156 g/mol. The summed E-state index contributed by atoms with van der Waals surface area (Å²) in [5, 5.41) is 3.45. The second kappa shape index (κ2) is 5.56. The highest BCUT2D eigenvalue weighted by Gasteiger charge is 1.99. The largest absolute Gasteiger partial charge is 0.317 e. The van der Waals surface area contributed by atoms with Gasteiger partial charge in [-0.3, -0.25) is 0 Å². The Morgan fingerprint density at radius 3 is 2.55 bits per heavy atom. The van der Waals surface area contributed by atoms with Gasteiger partial charge in [-0.15, -0.1) is 0 Å². The molecule has 0 saturated carbocycles. The van der Waals surface area contributed by atoms with Crippen LogP contribution in [-0.2, 0) is 0 Å². The van der Waals surface area contributed by atoms with Gasteiger partial charge in [0.2, 0.25) is 0 Å². The zero-order valence-corrected chi connectivity index (χ0v) is 7.60. The number of nitrogens with zero attached hydrogens (tertiary/aromatic N) is 1. The fourth-order valence-corrected chi connectivity index (χ4v) is 1.52. The molecule has 0 aromatic carbocycles. The first-order valence-electron chi connectivity index (χ1n) is 4.79. The summed E-state index contributed by atoms with van der Waals surface area (Å²) in [6, 6.07) is 0. The van der Waals surface area contributed by atoms with Crippen molar-refractivity contribution in [2.45, 2.75) is 25.7 Å². The van der Waals surface area contributed by atoms with Gasteiger partial charge in [0.25, 0.3) is 0 Å². The zero-order chi connectivity index (χ0) is 7.94. The Hall–Kier alpha value is -0.0800. The van der Waals surface area contributed by atoms with Gasteiger partial charge in [-0.1, -0.05) is 6.42 Å². The first-order chi connectivity index (χ1) is 5.39. The zero-order valence-electron chi connectivity index (χ0n) is 7.60. The van der Waals surface area contributed by atoms with Crippen molar-refractivity contribution >= 4 is 0 Å². The molecule has 2 nitrogen and oxygen atoms in total. The number of hydrogen-bond donors (Lipinski definition) is 1. The Morgan fingerprint density at radius 1 is 0.909 bits per heavy atom. The van der Waals surface area contributed by atoms with Crippen LogP contribution in [0.4, 0.5) is 0 Å². The maximum absolute atomic E-state index is 3.45. The summed E-state index contributed by atoms with van der Waals surface area (Å²) in [5.41, 5.74) is 0. The van der Waals surface area contributed by atoms with E-state index >= 15 is 0 Å². The summed E-state index contributed by atoms with van der Waals surface area (Å²) in [6.07, 6.45) is 5.42. The number of rotatable bonds is 0. The minimum absolute atomic E-state index is 1.20. The lowest BCUT2D eigenvalue weighted by Crippen LogP contribution is -2.27. The summed E-state index contributed by atoms with van der Waals surface area (Å²) >= 11 is 0. The SMILES string of the molecule is CN1CCCCCNCCC1. The van der Waals surface area contributed by atoms with Crippen molar-refractivity contribution in [1.29, 1.82) is 0 Å². The Morgan fingerprint density at radius 2 is 1.64 bits per heavy atom. The lowest BCUT2D eigenvalue weighted by atomic mass is 10.2. The third kappa shape index (κ3) is 4.38. The quantitative estimate of drug-likeness (QED) is 0.564. The second-order valence-electron chi connectivity index (χ2n) is 3.47. The van der Waals surface area contributed by atoms with E-state index in [2.05, 4.69) is 17.3 Å². The fourth-order valence-electron chi connectivity index (χ4n) is 1.52. The molecule has 0 amide bonds. The predicted octanol–water partition coefficient (Wildman–Crippen LogP) is 1.08. The van der Waals surface area contributed by atoms with Gasteiger partial charge in [-0.05, 0) is 52.5 Å². The minimum Gasteiger partial charge on any atom is -0.317 e. The topological polar surface area (TPSA) is 15.3 Å². The maximum atomic E-state index is 3.45. The third-order valence-corrected chi connectivity index (χ3v) is 2.29. The van der Waals surface area contributed by atoms with Crippen molar-refractivity contribution in [3.05, 3.63) is 0 Å². The highest BCUT2D eigenvalue weighted by Crippen LogP contribution is 1.98. The van der Waals surface area contributed by atoms with Crippen LogP contribution in [0.15, 0.2) is 0 Å². The molecule has 0 aromatic heterocycles. The lowest BCUT2D eigenvalue weighted by Gasteiger charge is -2.18. The Balaban J connectivity index is 2.12. The average molecular weight is 156 g/mol. The van der Waals surface area contributed by atoms with Crippen molar-refractivity contribution in [2.75, 3.05) is 33.2 Å². The summed E-state index contributed by atoms with van der Waals surface area (Å²) in [4.78, 5) is 2.44. The van der Waals surface area contributed by atoms with Crippen LogP contribution in [0.3, 0.4) is 0 Å². The molecule has 1 heterocycles. The second-order valence-corrected chi connectivity index (χ2v) is 3.47. The molecule has 11 heavy (non-hydrogen) atoms. The molecule has 0 radical (unpaired) electrons. The first-order valence-corrected chi connectivity index (χ1v) is 4.79. The van der Waals surface area contributed by atoms with Crippen LogP contribution >= 0.6 is 0 Å². The van der Waals surface area contributed by atoms with Gasteiger partial charge in [0.05, 0.1) is 0 Å². The number of hydrogen-bond acceptors (Lipinski definition) is 2. The van der Waals surface area contributed by atoms with Gasteiger partial charge in [-0.2, -0.15) is 0 Å². The smallest absolute Gasteiger partial charge is 0.000969 e. The van der Waals surface area contributed by atoms with Gasteiger partial charge < -0.3 is 10.2 Å². The van der Waals surface area contributed by atoms with Crippen molar-refractivity contribution < 1.29 is 0 Å². The van der Waals surface area contributed by atoms with E-state index in [4.69, 9.17) is 0 Å². The van der Waals surface area contributed by atoms with Crippen LogP contribution in [0.2, 0.25) is 0 Å². The van der Waals surface area contributed by atoms with E-state index in [0.29, 0.717) is 0 Å². The van der Waals surface area contributed by atoms with Gasteiger partial charge >= 0.3 is 0 Å². The molecule has 66 valence electrons. The molecule has 1 fully saturated rings. The molecule has 1 aliphatic heterocycles. The van der Waals surface area contributed by atoms with Gasteiger partial charge in [0, 0.05) is 0 Å². The minimum atomic E-state index is 1.20. The molecule has 0 atom stereocenters. The molecule has 1 rings (SSSR count). The third-order valence-electron chi connectivity index (χ3n) is 2.29. The van der Waals surface area contributed by atoms with E-state index in [1.165, 1.54) is 51.9 Å². The summed E-state index contributed by atoms with van der Waals surface area (Å²) in [7, 11) is 2.22. The molecule has 1 aliphatic rings. The molecule has 0 unspecified atom stereocenters. The van der Waals surface area contributed by atoms with Crippen molar-refractivity contribution in [1.82, 2.24) is 10.2 Å². The van der Waals surface area contributed by atoms with E-state index in [1.54, 1.807) is 0 Å². The van der Waals surface area contributed by atoms with E-state index in [1.807, 2.05) is 0 Å². The fraction of sp³-hybridized carbons (Fsp3) is 1.00.